The molecule has 1 heterocycles. The Morgan fingerprint density at radius 2 is 1.35 bits per heavy atom. The molecule has 3 unspecified atom stereocenters. The van der Waals surface area contributed by atoms with Gasteiger partial charge in [-0.25, -0.2) is 0 Å². The average molecular weight is 675 g/mol. The quantitative estimate of drug-likeness (QED) is 0.0558. The number of aliphatic hydroxyl groups excluding tert-OH is 1. The van der Waals surface area contributed by atoms with Crippen LogP contribution in [-0.4, -0.2) is 22.9 Å². The molecular formula is C41H58N2O4S. The number of benzene rings is 3. The zero-order valence-corrected chi connectivity index (χ0v) is 29.9. The number of hydrogen-bond acceptors (Lipinski definition) is 6. The summed E-state index contributed by atoms with van der Waals surface area (Å²) in [6.45, 7) is 2.80. The minimum absolute atomic E-state index is 0.0154. The maximum atomic E-state index is 12.5. The summed E-state index contributed by atoms with van der Waals surface area (Å²) >= 11 is 1.70. The van der Waals surface area contributed by atoms with E-state index in [0.29, 0.717) is 13.0 Å². The summed E-state index contributed by atoms with van der Waals surface area (Å²) < 4.78 is 13.0. The summed E-state index contributed by atoms with van der Waals surface area (Å²) in [7, 11) is 0. The number of nitrogens with one attached hydrogen (secondary N) is 1. The van der Waals surface area contributed by atoms with Crippen LogP contribution in [0.3, 0.4) is 0 Å². The number of hydrogen-bond donors (Lipinski definition) is 3. The van der Waals surface area contributed by atoms with Gasteiger partial charge < -0.3 is 25.6 Å². The molecular weight excluding hydrogens is 617 g/mol. The number of nitrogen functional groups attached to an aromatic ring is 1. The predicted molar refractivity (Wildman–Crippen MR) is 199 cm³/mol. The third-order valence-electron chi connectivity index (χ3n) is 9.21. The van der Waals surface area contributed by atoms with E-state index >= 15 is 0 Å². The number of ether oxygens (including phenoxy) is 2. The Kier molecular flexibility index (Phi) is 17.4. The van der Waals surface area contributed by atoms with E-state index in [-0.39, 0.29) is 24.7 Å². The number of thioether (sulfide) groups is 1. The van der Waals surface area contributed by atoms with Crippen molar-refractivity contribution in [2.45, 2.75) is 140 Å². The van der Waals surface area contributed by atoms with Crippen molar-refractivity contribution in [1.82, 2.24) is 5.32 Å². The van der Waals surface area contributed by atoms with Gasteiger partial charge in [0, 0.05) is 41.3 Å². The minimum atomic E-state index is -0.515. The van der Waals surface area contributed by atoms with E-state index in [1.807, 2.05) is 72.8 Å². The van der Waals surface area contributed by atoms with Crippen molar-refractivity contribution >= 4 is 23.4 Å². The number of carbonyl (C=O) groups excluding carboxylic acids is 1. The van der Waals surface area contributed by atoms with Crippen molar-refractivity contribution < 1.29 is 19.4 Å². The number of unbranched alkanes of at least 4 members (excludes halogenated alkanes) is 12. The zero-order chi connectivity index (χ0) is 33.8. The highest BCUT2D eigenvalue weighted by atomic mass is 32.2. The molecule has 3 atom stereocenters. The lowest BCUT2D eigenvalue weighted by molar-refractivity contribution is -0.245. The second-order valence-corrected chi connectivity index (χ2v) is 14.3. The molecule has 48 heavy (non-hydrogen) atoms. The van der Waals surface area contributed by atoms with Crippen molar-refractivity contribution in [1.29, 1.82) is 0 Å². The zero-order valence-electron chi connectivity index (χ0n) is 29.0. The van der Waals surface area contributed by atoms with Gasteiger partial charge in [0.05, 0.1) is 18.8 Å². The van der Waals surface area contributed by atoms with Gasteiger partial charge in [0.15, 0.2) is 6.29 Å². The van der Waals surface area contributed by atoms with Crippen LogP contribution in [0.1, 0.15) is 138 Å². The van der Waals surface area contributed by atoms with E-state index < -0.39 is 6.29 Å². The van der Waals surface area contributed by atoms with Gasteiger partial charge in [-0.05, 0) is 35.2 Å². The van der Waals surface area contributed by atoms with Crippen LogP contribution in [0.25, 0.3) is 0 Å². The number of nitrogens with two attached hydrogens (primary N) is 1. The molecule has 0 radical (unpaired) electrons. The van der Waals surface area contributed by atoms with Crippen LogP contribution in [0, 0.1) is 0 Å². The highest BCUT2D eigenvalue weighted by molar-refractivity contribution is 7.99. The normalized spacial score (nSPS) is 17.8. The standard InChI is InChI=1S/C41H58N2O4S/c1-2-3-4-5-6-7-8-9-10-11-12-13-14-19-40(45)43-29-32-20-26-35(27-21-32)41-46-36(31-48-39-18-16-15-17-37(39)42)28-38(47-41)34-24-22-33(30-44)23-25-34/h15-18,20-27,36,38,41,44H,2-14,19,28-31,42H2,1H3,(H,43,45). The van der Waals surface area contributed by atoms with Crippen LogP contribution < -0.4 is 11.1 Å². The SMILES string of the molecule is CCCCCCCCCCCCCCCC(=O)NCc1ccc(C2OC(CSc3ccccc3N)CC(c3ccc(CO)cc3)O2)cc1. The lowest BCUT2D eigenvalue weighted by atomic mass is 10.0. The highest BCUT2D eigenvalue weighted by Gasteiger charge is 2.32. The Bertz CT molecular complexity index is 1320. The molecule has 0 aliphatic carbocycles. The number of rotatable bonds is 22. The maximum absolute atomic E-state index is 12.5. The van der Waals surface area contributed by atoms with Crippen molar-refractivity contribution in [3.63, 3.8) is 0 Å². The molecule has 1 amide bonds. The molecule has 4 N–H and O–H groups in total. The molecule has 3 aromatic carbocycles. The van der Waals surface area contributed by atoms with Gasteiger partial charge in [0.2, 0.25) is 5.91 Å². The Morgan fingerprint density at radius 1 is 0.771 bits per heavy atom. The van der Waals surface area contributed by atoms with Crippen molar-refractivity contribution in [2.75, 3.05) is 11.5 Å². The van der Waals surface area contributed by atoms with Crippen LogP contribution in [-0.2, 0) is 27.4 Å². The van der Waals surface area contributed by atoms with Crippen molar-refractivity contribution in [2.24, 2.45) is 0 Å². The number of carbonyl (C=O) groups is 1. The fourth-order valence-corrected chi connectivity index (χ4v) is 7.19. The monoisotopic (exact) mass is 674 g/mol. The van der Waals surface area contributed by atoms with E-state index in [2.05, 4.69) is 12.2 Å². The fraction of sp³-hybridized carbons (Fsp3) is 0.537. The number of amides is 1. The molecule has 1 saturated heterocycles. The first kappa shape index (κ1) is 38.0. The average Bonchev–Trinajstić information content (AvgIpc) is 3.12. The summed E-state index contributed by atoms with van der Waals surface area (Å²) in [5.41, 5.74) is 10.9. The third kappa shape index (κ3) is 13.6. The van der Waals surface area contributed by atoms with Crippen LogP contribution in [0.2, 0.25) is 0 Å². The van der Waals surface area contributed by atoms with E-state index in [1.165, 1.54) is 70.6 Å². The molecule has 262 valence electrons. The largest absolute Gasteiger partial charge is 0.398 e. The van der Waals surface area contributed by atoms with Crippen molar-refractivity contribution in [3.05, 3.63) is 95.1 Å². The molecule has 7 heteroatoms. The third-order valence-corrected chi connectivity index (χ3v) is 10.4. The molecule has 0 bridgehead atoms. The van der Waals surface area contributed by atoms with E-state index in [4.69, 9.17) is 15.2 Å². The molecule has 1 fully saturated rings. The van der Waals surface area contributed by atoms with Gasteiger partial charge in [-0.1, -0.05) is 145 Å². The van der Waals surface area contributed by atoms with Gasteiger partial charge in [0.1, 0.15) is 0 Å². The van der Waals surface area contributed by atoms with Gasteiger partial charge in [0.25, 0.3) is 0 Å². The topological polar surface area (TPSA) is 93.8 Å². The summed E-state index contributed by atoms with van der Waals surface area (Å²) in [5, 5.41) is 12.6. The summed E-state index contributed by atoms with van der Waals surface area (Å²) in [6.07, 6.45) is 17.6. The van der Waals surface area contributed by atoms with Crippen LogP contribution in [0.4, 0.5) is 5.69 Å². The molecule has 6 nitrogen and oxygen atoms in total. The highest BCUT2D eigenvalue weighted by Crippen LogP contribution is 2.40. The number of aliphatic hydroxyl groups is 1. The fourth-order valence-electron chi connectivity index (χ4n) is 6.20. The lowest BCUT2D eigenvalue weighted by Gasteiger charge is -2.36. The van der Waals surface area contributed by atoms with E-state index in [1.54, 1.807) is 11.8 Å². The molecule has 0 spiro atoms. The number of anilines is 1. The van der Waals surface area contributed by atoms with Crippen LogP contribution in [0.5, 0.6) is 0 Å². The summed E-state index contributed by atoms with van der Waals surface area (Å²) in [5.74, 6) is 0.874. The molecule has 1 aliphatic heterocycles. The maximum Gasteiger partial charge on any atom is 0.220 e. The smallest absolute Gasteiger partial charge is 0.220 e. The molecule has 0 saturated carbocycles. The first-order valence-electron chi connectivity index (χ1n) is 18.4. The summed E-state index contributed by atoms with van der Waals surface area (Å²) in [4.78, 5) is 13.5. The van der Waals surface area contributed by atoms with E-state index in [9.17, 15) is 9.90 Å². The Labute approximate surface area is 293 Å². The molecule has 0 aromatic heterocycles. The first-order valence-corrected chi connectivity index (χ1v) is 19.4. The Balaban J connectivity index is 1.18. The van der Waals surface area contributed by atoms with Crippen molar-refractivity contribution in [3.8, 4) is 0 Å². The minimum Gasteiger partial charge on any atom is -0.398 e. The Morgan fingerprint density at radius 3 is 1.98 bits per heavy atom. The van der Waals surface area contributed by atoms with E-state index in [0.717, 1.165) is 57.9 Å². The predicted octanol–water partition coefficient (Wildman–Crippen LogP) is 10.2. The van der Waals surface area contributed by atoms with Crippen LogP contribution >= 0.6 is 11.8 Å². The number of para-hydroxylation sites is 1. The van der Waals surface area contributed by atoms with Gasteiger partial charge in [-0.15, -0.1) is 11.8 Å². The van der Waals surface area contributed by atoms with Gasteiger partial charge in [-0.3, -0.25) is 4.79 Å². The lowest BCUT2D eigenvalue weighted by Crippen LogP contribution is -2.31. The molecule has 1 aliphatic rings. The van der Waals surface area contributed by atoms with Crippen LogP contribution in [0.15, 0.2) is 77.7 Å². The van der Waals surface area contributed by atoms with Gasteiger partial charge in [-0.2, -0.15) is 0 Å². The second kappa shape index (κ2) is 22.0. The second-order valence-electron chi connectivity index (χ2n) is 13.2. The Hall–Kier alpha value is -2.84. The molecule has 3 aromatic rings. The first-order chi connectivity index (χ1) is 23.6. The molecule has 4 rings (SSSR count). The van der Waals surface area contributed by atoms with Gasteiger partial charge >= 0.3 is 0 Å². The summed E-state index contributed by atoms with van der Waals surface area (Å²) in [6, 6.07) is 24.0.